The summed E-state index contributed by atoms with van der Waals surface area (Å²) in [5.41, 5.74) is 1.62. The number of rotatable bonds is 4. The van der Waals surface area contributed by atoms with Crippen molar-refractivity contribution in [3.05, 3.63) is 74.3 Å². The second-order valence-electron chi connectivity index (χ2n) is 5.93. The summed E-state index contributed by atoms with van der Waals surface area (Å²) in [4.78, 5) is 29.2. The maximum atomic E-state index is 13.2. The van der Waals surface area contributed by atoms with Gasteiger partial charge in [-0.25, -0.2) is 4.79 Å². The molecule has 0 fully saturated rings. The number of benzene rings is 1. The van der Waals surface area contributed by atoms with Gasteiger partial charge in [0, 0.05) is 35.8 Å². The van der Waals surface area contributed by atoms with Crippen LogP contribution in [0.15, 0.2) is 47.5 Å². The minimum Gasteiger partial charge on any atom is -0.477 e. The van der Waals surface area contributed by atoms with Gasteiger partial charge in [0.25, 0.3) is 0 Å². The highest BCUT2D eigenvalue weighted by atomic mass is 35.5. The number of aromatic carboxylic acids is 1. The molecule has 0 aliphatic rings. The number of aromatic nitrogens is 2. The molecular formula is C20H16Cl2N2O3. The van der Waals surface area contributed by atoms with Crippen molar-refractivity contribution in [3.8, 4) is 22.4 Å². The molecule has 1 aromatic carbocycles. The van der Waals surface area contributed by atoms with E-state index in [1.54, 1.807) is 54.2 Å². The first-order chi connectivity index (χ1) is 12.9. The Kier molecular flexibility index (Phi) is 5.35. The van der Waals surface area contributed by atoms with Gasteiger partial charge in [0.1, 0.15) is 5.56 Å². The van der Waals surface area contributed by atoms with Crippen molar-refractivity contribution >= 4 is 29.2 Å². The highest BCUT2D eigenvalue weighted by Gasteiger charge is 2.25. The van der Waals surface area contributed by atoms with Gasteiger partial charge in [-0.3, -0.25) is 9.78 Å². The van der Waals surface area contributed by atoms with E-state index in [0.29, 0.717) is 39.6 Å². The SMILES string of the molecule is CCn1c(C)c(-c2ccncc2)c(=O)c(C(=O)O)c1-c1ccc(Cl)c(Cl)c1. The van der Waals surface area contributed by atoms with Crippen LogP contribution in [0.3, 0.4) is 0 Å². The molecule has 27 heavy (non-hydrogen) atoms. The van der Waals surface area contributed by atoms with Crippen LogP contribution < -0.4 is 5.43 Å². The number of nitrogens with zero attached hydrogens (tertiary/aromatic N) is 2. The first-order valence-corrected chi connectivity index (χ1v) is 8.98. The summed E-state index contributed by atoms with van der Waals surface area (Å²) < 4.78 is 1.81. The second-order valence-corrected chi connectivity index (χ2v) is 6.74. The Hall–Kier alpha value is -2.63. The molecule has 0 radical (unpaired) electrons. The standard InChI is InChI=1S/C20H16Cl2N2O3/c1-3-24-11(2)16(12-6-8-23-9-7-12)19(25)17(20(26)27)18(24)13-4-5-14(21)15(22)10-13/h4-10H,3H2,1-2H3,(H,26,27). The number of hydrogen-bond donors (Lipinski definition) is 1. The third kappa shape index (κ3) is 3.36. The van der Waals surface area contributed by atoms with Gasteiger partial charge in [-0.1, -0.05) is 29.3 Å². The van der Waals surface area contributed by atoms with Gasteiger partial charge in [-0.05, 0) is 43.7 Å². The minimum atomic E-state index is -1.29. The van der Waals surface area contributed by atoms with Crippen molar-refractivity contribution in [1.82, 2.24) is 9.55 Å². The van der Waals surface area contributed by atoms with Crippen LogP contribution >= 0.6 is 23.2 Å². The number of halogens is 2. The van der Waals surface area contributed by atoms with Crippen LogP contribution in [0.5, 0.6) is 0 Å². The Morgan fingerprint density at radius 2 is 1.78 bits per heavy atom. The smallest absolute Gasteiger partial charge is 0.341 e. The fraction of sp³-hybridized carbons (Fsp3) is 0.150. The second kappa shape index (κ2) is 7.55. The first-order valence-electron chi connectivity index (χ1n) is 8.23. The lowest BCUT2D eigenvalue weighted by Gasteiger charge is -2.21. The van der Waals surface area contributed by atoms with Crippen molar-refractivity contribution in [2.75, 3.05) is 0 Å². The van der Waals surface area contributed by atoms with E-state index in [4.69, 9.17) is 23.2 Å². The number of carboxylic acid groups (broad SMARTS) is 1. The molecule has 7 heteroatoms. The van der Waals surface area contributed by atoms with Crippen molar-refractivity contribution in [2.45, 2.75) is 20.4 Å². The number of carboxylic acids is 1. The summed E-state index contributed by atoms with van der Waals surface area (Å²) in [6.45, 7) is 4.16. The van der Waals surface area contributed by atoms with Crippen LogP contribution in [0.2, 0.25) is 10.0 Å². The van der Waals surface area contributed by atoms with E-state index in [1.807, 2.05) is 6.92 Å². The molecule has 0 saturated carbocycles. The van der Waals surface area contributed by atoms with Gasteiger partial charge in [-0.15, -0.1) is 0 Å². The summed E-state index contributed by atoms with van der Waals surface area (Å²) in [6.07, 6.45) is 3.13. The molecule has 5 nitrogen and oxygen atoms in total. The van der Waals surface area contributed by atoms with E-state index in [9.17, 15) is 14.7 Å². The highest BCUT2D eigenvalue weighted by molar-refractivity contribution is 6.42. The predicted molar refractivity (Wildman–Crippen MR) is 107 cm³/mol. The Morgan fingerprint density at radius 1 is 1.11 bits per heavy atom. The first kappa shape index (κ1) is 19.1. The van der Waals surface area contributed by atoms with E-state index in [0.717, 1.165) is 0 Å². The lowest BCUT2D eigenvalue weighted by atomic mass is 9.96. The van der Waals surface area contributed by atoms with Crippen LogP contribution in [-0.2, 0) is 6.54 Å². The average Bonchev–Trinajstić information content (AvgIpc) is 2.64. The number of pyridine rings is 2. The Morgan fingerprint density at radius 3 is 2.33 bits per heavy atom. The van der Waals surface area contributed by atoms with Crippen LogP contribution in [0.1, 0.15) is 23.0 Å². The van der Waals surface area contributed by atoms with Gasteiger partial charge < -0.3 is 9.67 Å². The van der Waals surface area contributed by atoms with Crippen LogP contribution in [0.4, 0.5) is 0 Å². The summed E-state index contributed by atoms with van der Waals surface area (Å²) >= 11 is 12.1. The molecule has 0 aliphatic heterocycles. The van der Waals surface area contributed by atoms with Crippen molar-refractivity contribution in [2.24, 2.45) is 0 Å². The van der Waals surface area contributed by atoms with Gasteiger partial charge in [0.2, 0.25) is 5.43 Å². The summed E-state index contributed by atoms with van der Waals surface area (Å²) in [6, 6.07) is 8.19. The summed E-state index contributed by atoms with van der Waals surface area (Å²) in [5, 5.41) is 10.5. The minimum absolute atomic E-state index is 0.288. The summed E-state index contributed by atoms with van der Waals surface area (Å²) in [5.74, 6) is -1.29. The molecule has 3 aromatic rings. The van der Waals surface area contributed by atoms with Crippen molar-refractivity contribution in [3.63, 3.8) is 0 Å². The average molecular weight is 403 g/mol. The molecule has 2 heterocycles. The molecule has 3 rings (SSSR count). The molecule has 1 N–H and O–H groups in total. The molecule has 0 unspecified atom stereocenters. The van der Waals surface area contributed by atoms with Gasteiger partial charge in [0.05, 0.1) is 15.7 Å². The normalized spacial score (nSPS) is 10.8. The fourth-order valence-corrected chi connectivity index (χ4v) is 3.53. The highest BCUT2D eigenvalue weighted by Crippen LogP contribution is 2.32. The maximum absolute atomic E-state index is 13.2. The number of hydrogen-bond acceptors (Lipinski definition) is 3. The quantitative estimate of drug-likeness (QED) is 0.672. The van der Waals surface area contributed by atoms with E-state index in [2.05, 4.69) is 4.98 Å². The Bertz CT molecular complexity index is 1090. The molecule has 0 spiro atoms. The maximum Gasteiger partial charge on any atom is 0.341 e. The Balaban J connectivity index is 2.46. The fourth-order valence-electron chi connectivity index (χ4n) is 3.23. The molecule has 0 bridgehead atoms. The number of carbonyl (C=O) groups is 1. The van der Waals surface area contributed by atoms with Gasteiger partial charge in [-0.2, -0.15) is 0 Å². The molecule has 0 saturated heterocycles. The van der Waals surface area contributed by atoms with E-state index < -0.39 is 11.4 Å². The lowest BCUT2D eigenvalue weighted by molar-refractivity contribution is 0.0695. The third-order valence-corrected chi connectivity index (χ3v) is 5.16. The monoisotopic (exact) mass is 402 g/mol. The zero-order chi connectivity index (χ0) is 19.7. The topological polar surface area (TPSA) is 72.2 Å². The van der Waals surface area contributed by atoms with Crippen molar-refractivity contribution < 1.29 is 9.90 Å². The molecule has 0 atom stereocenters. The molecule has 0 amide bonds. The van der Waals surface area contributed by atoms with Crippen molar-refractivity contribution in [1.29, 1.82) is 0 Å². The van der Waals surface area contributed by atoms with Crippen LogP contribution in [-0.4, -0.2) is 20.6 Å². The van der Waals surface area contributed by atoms with Gasteiger partial charge in [0.15, 0.2) is 0 Å². The zero-order valence-corrected chi connectivity index (χ0v) is 16.2. The molecule has 0 aliphatic carbocycles. The Labute approximate surface area is 165 Å². The largest absolute Gasteiger partial charge is 0.477 e. The van der Waals surface area contributed by atoms with E-state index >= 15 is 0 Å². The van der Waals surface area contributed by atoms with E-state index in [-0.39, 0.29) is 10.6 Å². The zero-order valence-electron chi connectivity index (χ0n) is 14.7. The summed E-state index contributed by atoms with van der Waals surface area (Å²) in [7, 11) is 0. The van der Waals surface area contributed by atoms with Crippen LogP contribution in [0, 0.1) is 6.92 Å². The molecule has 2 aromatic heterocycles. The predicted octanol–water partition coefficient (Wildman–Crippen LogP) is 4.91. The van der Waals surface area contributed by atoms with Gasteiger partial charge >= 0.3 is 5.97 Å². The van der Waals surface area contributed by atoms with E-state index in [1.165, 1.54) is 0 Å². The molecule has 138 valence electrons. The molecular weight excluding hydrogens is 387 g/mol. The lowest BCUT2D eigenvalue weighted by Crippen LogP contribution is -2.25. The third-order valence-electron chi connectivity index (χ3n) is 4.42. The van der Waals surface area contributed by atoms with Crippen LogP contribution in [0.25, 0.3) is 22.4 Å².